The summed E-state index contributed by atoms with van der Waals surface area (Å²) in [5, 5.41) is 2.58. The van der Waals surface area contributed by atoms with Crippen molar-refractivity contribution in [2.24, 2.45) is 0 Å². The monoisotopic (exact) mass is 379 g/mol. The van der Waals surface area contributed by atoms with Crippen molar-refractivity contribution in [1.29, 1.82) is 0 Å². The molecule has 1 N–H and O–H groups in total. The molecule has 0 aliphatic carbocycles. The highest BCUT2D eigenvalue weighted by Gasteiger charge is 2.17. The minimum atomic E-state index is -0.447. The zero-order valence-electron chi connectivity index (χ0n) is 13.8. The van der Waals surface area contributed by atoms with Crippen LogP contribution in [0, 0.1) is 0 Å². The van der Waals surface area contributed by atoms with Gasteiger partial charge in [-0.3, -0.25) is 9.59 Å². The Bertz CT molecular complexity index is 739. The number of carbonyl (C=O) groups is 2. The van der Waals surface area contributed by atoms with Crippen molar-refractivity contribution in [3.63, 3.8) is 0 Å². The number of carbonyl (C=O) groups excluding carboxylic acids is 2. The number of thioether (sulfide) groups is 1. The molecule has 25 heavy (non-hydrogen) atoms. The van der Waals surface area contributed by atoms with Gasteiger partial charge in [0.25, 0.3) is 5.91 Å². The van der Waals surface area contributed by atoms with Crippen molar-refractivity contribution < 1.29 is 19.1 Å². The largest absolute Gasteiger partial charge is 0.495 e. The van der Waals surface area contributed by atoms with Gasteiger partial charge in [0.2, 0.25) is 0 Å². The van der Waals surface area contributed by atoms with E-state index in [4.69, 9.17) is 21.1 Å². The van der Waals surface area contributed by atoms with Crippen LogP contribution in [-0.2, 0) is 14.3 Å². The van der Waals surface area contributed by atoms with Crippen molar-refractivity contribution in [1.82, 2.24) is 0 Å². The van der Waals surface area contributed by atoms with Gasteiger partial charge in [-0.1, -0.05) is 29.8 Å². The lowest BCUT2D eigenvalue weighted by molar-refractivity contribution is -0.146. The minimum absolute atomic E-state index is 0.359. The predicted octanol–water partition coefficient (Wildman–Crippen LogP) is 4.01. The van der Waals surface area contributed by atoms with Gasteiger partial charge in [0.15, 0.2) is 6.61 Å². The molecule has 0 aromatic heterocycles. The number of amides is 1. The summed E-state index contributed by atoms with van der Waals surface area (Å²) in [5.74, 6) is -0.374. The molecule has 5 nitrogen and oxygen atoms in total. The minimum Gasteiger partial charge on any atom is -0.495 e. The number of benzene rings is 2. The highest BCUT2D eigenvalue weighted by atomic mass is 35.5. The van der Waals surface area contributed by atoms with Gasteiger partial charge in [-0.2, -0.15) is 0 Å². The number of anilines is 1. The van der Waals surface area contributed by atoms with Gasteiger partial charge in [0.1, 0.15) is 11.0 Å². The summed E-state index contributed by atoms with van der Waals surface area (Å²) in [7, 11) is 1.51. The van der Waals surface area contributed by atoms with Gasteiger partial charge in [0.05, 0.1) is 12.1 Å². The quantitative estimate of drug-likeness (QED) is 0.581. The number of hydrogen-bond donors (Lipinski definition) is 1. The molecule has 0 unspecified atom stereocenters. The second-order valence-corrected chi connectivity index (χ2v) is 6.90. The Labute approximate surface area is 155 Å². The van der Waals surface area contributed by atoms with Gasteiger partial charge >= 0.3 is 5.97 Å². The molecule has 2 rings (SSSR count). The number of ether oxygens (including phenoxy) is 2. The Morgan fingerprint density at radius 1 is 1.20 bits per heavy atom. The van der Waals surface area contributed by atoms with E-state index in [-0.39, 0.29) is 6.61 Å². The summed E-state index contributed by atoms with van der Waals surface area (Å²) in [4.78, 5) is 24.8. The van der Waals surface area contributed by atoms with E-state index in [9.17, 15) is 9.59 Å². The fraction of sp³-hybridized carbons (Fsp3) is 0.222. The molecule has 1 amide bonds. The first kappa shape index (κ1) is 19.1. The maximum atomic E-state index is 12.0. The molecule has 2 aromatic carbocycles. The molecule has 0 saturated carbocycles. The molecule has 0 aliphatic rings. The van der Waals surface area contributed by atoms with E-state index in [2.05, 4.69) is 5.32 Å². The van der Waals surface area contributed by atoms with Crippen molar-refractivity contribution in [2.75, 3.05) is 19.0 Å². The number of hydrogen-bond acceptors (Lipinski definition) is 5. The first-order valence-corrected chi connectivity index (χ1v) is 8.77. The SMILES string of the molecule is COc1ccc(NC(=O)COC(=O)[C@H](C)Sc2ccccc2)cc1Cl. The first-order valence-electron chi connectivity index (χ1n) is 7.51. The van der Waals surface area contributed by atoms with Crippen LogP contribution in [0.25, 0.3) is 0 Å². The van der Waals surface area contributed by atoms with E-state index in [1.165, 1.54) is 18.9 Å². The predicted molar refractivity (Wildman–Crippen MR) is 99.4 cm³/mol. The highest BCUT2D eigenvalue weighted by molar-refractivity contribution is 8.00. The smallest absolute Gasteiger partial charge is 0.319 e. The Morgan fingerprint density at radius 3 is 2.56 bits per heavy atom. The number of halogens is 1. The van der Waals surface area contributed by atoms with Crippen LogP contribution in [0.15, 0.2) is 53.4 Å². The second kappa shape index (κ2) is 9.34. The van der Waals surface area contributed by atoms with E-state index < -0.39 is 17.1 Å². The summed E-state index contributed by atoms with van der Waals surface area (Å²) < 4.78 is 10.1. The zero-order valence-corrected chi connectivity index (χ0v) is 15.4. The van der Waals surface area contributed by atoms with Crippen LogP contribution in [0.5, 0.6) is 5.75 Å². The van der Waals surface area contributed by atoms with Crippen LogP contribution in [-0.4, -0.2) is 30.8 Å². The Morgan fingerprint density at radius 2 is 1.92 bits per heavy atom. The van der Waals surface area contributed by atoms with Gasteiger partial charge < -0.3 is 14.8 Å². The molecular formula is C18H18ClNO4S. The van der Waals surface area contributed by atoms with Gasteiger partial charge in [0, 0.05) is 10.6 Å². The third-order valence-corrected chi connectivity index (χ3v) is 4.55. The van der Waals surface area contributed by atoms with E-state index in [1.54, 1.807) is 25.1 Å². The second-order valence-electron chi connectivity index (χ2n) is 5.08. The molecular weight excluding hydrogens is 362 g/mol. The molecule has 0 radical (unpaired) electrons. The number of rotatable bonds is 7. The zero-order chi connectivity index (χ0) is 18.2. The maximum Gasteiger partial charge on any atom is 0.319 e. The van der Waals surface area contributed by atoms with Crippen molar-refractivity contribution in [3.8, 4) is 5.75 Å². The molecule has 1 atom stereocenters. The molecule has 0 fully saturated rings. The fourth-order valence-corrected chi connectivity index (χ4v) is 3.09. The van der Waals surface area contributed by atoms with Gasteiger partial charge in [-0.15, -0.1) is 11.8 Å². The average molecular weight is 380 g/mol. The van der Waals surface area contributed by atoms with E-state index in [0.717, 1.165) is 4.90 Å². The molecule has 0 bridgehead atoms. The van der Waals surface area contributed by atoms with Crippen molar-refractivity contribution in [3.05, 3.63) is 53.6 Å². The van der Waals surface area contributed by atoms with Crippen molar-refractivity contribution in [2.45, 2.75) is 17.1 Å². The van der Waals surface area contributed by atoms with Crippen molar-refractivity contribution >= 4 is 40.9 Å². The topological polar surface area (TPSA) is 64.6 Å². The normalized spacial score (nSPS) is 11.5. The molecule has 0 saturated heterocycles. The third-order valence-electron chi connectivity index (χ3n) is 3.17. The van der Waals surface area contributed by atoms with Crippen LogP contribution >= 0.6 is 23.4 Å². The van der Waals surface area contributed by atoms with Crippen LogP contribution in [0.4, 0.5) is 5.69 Å². The summed E-state index contributed by atoms with van der Waals surface area (Å²) in [5.41, 5.74) is 0.499. The van der Waals surface area contributed by atoms with Crippen LogP contribution in [0.2, 0.25) is 5.02 Å². The van der Waals surface area contributed by atoms with E-state index in [0.29, 0.717) is 16.5 Å². The number of esters is 1. The van der Waals surface area contributed by atoms with Crippen LogP contribution in [0.1, 0.15) is 6.92 Å². The number of methoxy groups -OCH3 is 1. The first-order chi connectivity index (χ1) is 12.0. The summed E-state index contributed by atoms with van der Waals surface area (Å²) in [6.07, 6.45) is 0. The Kier molecular flexibility index (Phi) is 7.16. The Balaban J connectivity index is 1.80. The molecule has 0 heterocycles. The standard InChI is InChI=1S/C18H18ClNO4S/c1-12(25-14-6-4-3-5-7-14)18(22)24-11-17(21)20-13-8-9-16(23-2)15(19)10-13/h3-10,12H,11H2,1-2H3,(H,20,21)/t12-/m0/s1. The highest BCUT2D eigenvalue weighted by Crippen LogP contribution is 2.27. The van der Waals surface area contributed by atoms with Gasteiger partial charge in [-0.05, 0) is 37.3 Å². The molecule has 2 aromatic rings. The molecule has 132 valence electrons. The summed E-state index contributed by atoms with van der Waals surface area (Å²) in [6, 6.07) is 14.4. The molecule has 0 aliphatic heterocycles. The fourth-order valence-electron chi connectivity index (χ4n) is 1.95. The maximum absolute atomic E-state index is 12.0. The van der Waals surface area contributed by atoms with Gasteiger partial charge in [-0.25, -0.2) is 0 Å². The van der Waals surface area contributed by atoms with E-state index in [1.807, 2.05) is 30.3 Å². The lowest BCUT2D eigenvalue weighted by Crippen LogP contribution is -2.24. The number of nitrogens with one attached hydrogen (secondary N) is 1. The average Bonchev–Trinajstić information content (AvgIpc) is 2.60. The molecule has 0 spiro atoms. The summed E-state index contributed by atoms with van der Waals surface area (Å²) >= 11 is 7.37. The lowest BCUT2D eigenvalue weighted by Gasteiger charge is -2.12. The van der Waals surface area contributed by atoms with E-state index >= 15 is 0 Å². The van der Waals surface area contributed by atoms with Crippen LogP contribution in [0.3, 0.4) is 0 Å². The van der Waals surface area contributed by atoms with Crippen LogP contribution < -0.4 is 10.1 Å². The third kappa shape index (κ3) is 5.99. The molecule has 7 heteroatoms. The summed E-state index contributed by atoms with van der Waals surface area (Å²) in [6.45, 7) is 1.38. The Hall–Kier alpha value is -2.18. The lowest BCUT2D eigenvalue weighted by atomic mass is 10.3.